The summed E-state index contributed by atoms with van der Waals surface area (Å²) in [5.41, 5.74) is 0.194. The van der Waals surface area contributed by atoms with Crippen LogP contribution in [0.1, 0.15) is 17.3 Å². The van der Waals surface area contributed by atoms with Gasteiger partial charge in [0.2, 0.25) is 0 Å². The van der Waals surface area contributed by atoms with Crippen molar-refractivity contribution in [1.82, 2.24) is 0 Å². The van der Waals surface area contributed by atoms with Crippen LogP contribution in [0.4, 0.5) is 0 Å². The first-order valence-corrected chi connectivity index (χ1v) is 4.16. The molecule has 74 valence electrons. The molecular formula is C11H11O3Rb. The molecule has 1 aromatic carbocycles. The number of Topliss-reactive ketones (excluding diaryl/α,β-unsaturated/α-hetero) is 1. The van der Waals surface area contributed by atoms with Gasteiger partial charge in [0.25, 0.3) is 0 Å². The predicted octanol–water partition coefficient (Wildman–Crippen LogP) is 1.25. The summed E-state index contributed by atoms with van der Waals surface area (Å²) < 4.78 is 0. The van der Waals surface area contributed by atoms with E-state index in [-0.39, 0.29) is 63.8 Å². The Labute approximate surface area is 137 Å². The molecule has 4 heteroatoms. The van der Waals surface area contributed by atoms with Crippen molar-refractivity contribution in [1.29, 1.82) is 0 Å². The Hall–Kier alpha value is -0.0948. The van der Waals surface area contributed by atoms with Gasteiger partial charge < -0.3 is 5.11 Å². The Morgan fingerprint density at radius 1 is 1.20 bits per heavy atom. The van der Waals surface area contributed by atoms with Gasteiger partial charge in [0.15, 0.2) is 5.78 Å². The number of allylic oxidation sites excluding steroid dienone is 1. The average molecular weight is 277 g/mol. The van der Waals surface area contributed by atoms with E-state index in [0.717, 1.165) is 0 Å². The van der Waals surface area contributed by atoms with Crippen LogP contribution in [0, 0.1) is 0 Å². The number of carbonyl (C=O) groups excluding carboxylic acids is 1. The molecule has 0 aromatic heterocycles. The summed E-state index contributed by atoms with van der Waals surface area (Å²) >= 11 is 0. The molecule has 1 aromatic rings. The van der Waals surface area contributed by atoms with Gasteiger partial charge >= 0.3 is 64.2 Å². The monoisotopic (exact) mass is 276 g/mol. The maximum atomic E-state index is 11.6. The molecule has 0 unspecified atom stereocenters. The van der Waals surface area contributed by atoms with Crippen molar-refractivity contribution in [2.24, 2.45) is 0 Å². The third kappa shape index (κ3) is 4.11. The van der Waals surface area contributed by atoms with Crippen LogP contribution < -0.4 is 0 Å². The van der Waals surface area contributed by atoms with Gasteiger partial charge in [-0.05, 0) is 6.92 Å². The van der Waals surface area contributed by atoms with Crippen molar-refractivity contribution in [3.8, 4) is 0 Å². The molecule has 0 radical (unpaired) electrons. The number of ketones is 1. The Morgan fingerprint density at radius 2 is 1.73 bits per heavy atom. The molecule has 0 saturated heterocycles. The first-order valence-electron chi connectivity index (χ1n) is 4.16. The number of rotatable bonds is 3. The molecular weight excluding hydrogens is 266 g/mol. The summed E-state index contributed by atoms with van der Waals surface area (Å²) in [5.74, 6) is -1.65. The van der Waals surface area contributed by atoms with Gasteiger partial charge in [0.05, 0.1) is 0 Å². The van der Waals surface area contributed by atoms with E-state index in [2.05, 4.69) is 0 Å². The SMILES string of the molecule is CC=C(C(=O)O)C(=O)c1ccccc1.[RbH]. The molecule has 0 amide bonds. The maximum absolute atomic E-state index is 11.6. The van der Waals surface area contributed by atoms with Gasteiger partial charge in [-0.1, -0.05) is 36.4 Å². The zero-order chi connectivity index (χ0) is 10.6. The molecule has 0 aliphatic heterocycles. The van der Waals surface area contributed by atoms with Crippen LogP contribution in [-0.4, -0.2) is 75.0 Å². The molecule has 0 atom stereocenters. The summed E-state index contributed by atoms with van der Waals surface area (Å²) in [6.07, 6.45) is 1.30. The zero-order valence-corrected chi connectivity index (χ0v) is 7.73. The molecule has 0 fully saturated rings. The predicted molar refractivity (Wildman–Crippen MR) is 59.3 cm³/mol. The van der Waals surface area contributed by atoms with E-state index in [1.165, 1.54) is 13.0 Å². The molecule has 3 nitrogen and oxygen atoms in total. The molecule has 0 saturated carbocycles. The van der Waals surface area contributed by atoms with Gasteiger partial charge in [0, 0.05) is 5.56 Å². The van der Waals surface area contributed by atoms with Crippen LogP contribution in [0.5, 0.6) is 0 Å². The van der Waals surface area contributed by atoms with Crippen molar-refractivity contribution in [2.75, 3.05) is 0 Å². The minimum atomic E-state index is -1.19. The van der Waals surface area contributed by atoms with Crippen LogP contribution in [-0.2, 0) is 4.79 Å². The van der Waals surface area contributed by atoms with Crippen molar-refractivity contribution in [2.45, 2.75) is 6.92 Å². The number of carboxylic acid groups (broad SMARTS) is 1. The fourth-order valence-electron chi connectivity index (χ4n) is 1.10. The first kappa shape index (κ1) is 14.9. The van der Waals surface area contributed by atoms with Gasteiger partial charge in [-0.2, -0.15) is 0 Å². The number of aliphatic carboxylic acids is 1. The van der Waals surface area contributed by atoms with E-state index in [9.17, 15) is 9.59 Å². The molecule has 0 bridgehead atoms. The van der Waals surface area contributed by atoms with Crippen LogP contribution >= 0.6 is 0 Å². The second kappa shape index (κ2) is 7.22. The van der Waals surface area contributed by atoms with Crippen molar-refractivity contribution in [3.63, 3.8) is 0 Å². The van der Waals surface area contributed by atoms with E-state index in [1.807, 2.05) is 0 Å². The topological polar surface area (TPSA) is 54.4 Å². The van der Waals surface area contributed by atoms with Crippen LogP contribution in [0.15, 0.2) is 42.0 Å². The van der Waals surface area contributed by atoms with E-state index < -0.39 is 11.8 Å². The summed E-state index contributed by atoms with van der Waals surface area (Å²) in [4.78, 5) is 22.2. The Balaban J connectivity index is 0.00000196. The normalized spacial score (nSPS) is 10.3. The van der Waals surface area contributed by atoms with Gasteiger partial charge in [0.1, 0.15) is 5.57 Å². The molecule has 0 heterocycles. The van der Waals surface area contributed by atoms with Crippen LogP contribution in [0.25, 0.3) is 0 Å². The fraction of sp³-hybridized carbons (Fsp3) is 0.0909. The first-order chi connectivity index (χ1) is 6.66. The third-order valence-electron chi connectivity index (χ3n) is 1.80. The van der Waals surface area contributed by atoms with Crippen molar-refractivity contribution in [3.05, 3.63) is 47.5 Å². The third-order valence-corrected chi connectivity index (χ3v) is 1.80. The van der Waals surface area contributed by atoms with Crippen LogP contribution in [0.3, 0.4) is 0 Å². The standard InChI is InChI=1S/C11H10O3.Rb.H/c1-2-9(11(13)14)10(12)8-6-4-3-5-7-8;;/h2-7H,1H3,(H,13,14);;. The van der Waals surface area contributed by atoms with Crippen LogP contribution in [0.2, 0.25) is 0 Å². The summed E-state index contributed by atoms with van der Waals surface area (Å²) in [6, 6.07) is 8.35. The summed E-state index contributed by atoms with van der Waals surface area (Å²) in [5, 5.41) is 8.72. The number of benzene rings is 1. The number of carbonyl (C=O) groups is 2. The molecule has 0 spiro atoms. The number of carboxylic acids is 1. The van der Waals surface area contributed by atoms with E-state index in [0.29, 0.717) is 5.56 Å². The second-order valence-corrected chi connectivity index (χ2v) is 2.70. The van der Waals surface area contributed by atoms with Gasteiger partial charge in [-0.25, -0.2) is 4.79 Å². The number of hydrogen-bond acceptors (Lipinski definition) is 2. The van der Waals surface area contributed by atoms with E-state index in [4.69, 9.17) is 5.11 Å². The Bertz CT molecular complexity index is 382. The molecule has 1 rings (SSSR count). The minimum absolute atomic E-state index is 0. The van der Waals surface area contributed by atoms with Crippen molar-refractivity contribution < 1.29 is 14.7 Å². The average Bonchev–Trinajstić information content (AvgIpc) is 2.19. The van der Waals surface area contributed by atoms with E-state index in [1.54, 1.807) is 30.3 Å². The molecule has 0 aliphatic rings. The number of hydrogen-bond donors (Lipinski definition) is 1. The van der Waals surface area contributed by atoms with Gasteiger partial charge in [-0.3, -0.25) is 4.79 Å². The summed E-state index contributed by atoms with van der Waals surface area (Å²) in [6.45, 7) is 1.53. The Morgan fingerprint density at radius 3 is 2.13 bits per heavy atom. The van der Waals surface area contributed by atoms with Gasteiger partial charge in [-0.15, -0.1) is 0 Å². The Kier molecular flexibility index (Phi) is 7.18. The van der Waals surface area contributed by atoms with Crippen molar-refractivity contribution >= 4 is 69.9 Å². The molecule has 15 heavy (non-hydrogen) atoms. The molecule has 0 aliphatic carbocycles. The summed E-state index contributed by atoms with van der Waals surface area (Å²) in [7, 11) is 0. The van der Waals surface area contributed by atoms with E-state index >= 15 is 0 Å². The molecule has 1 N–H and O–H groups in total. The second-order valence-electron chi connectivity index (χ2n) is 2.70. The quantitative estimate of drug-likeness (QED) is 0.391. The zero-order valence-electron chi connectivity index (χ0n) is 7.73. The fourth-order valence-corrected chi connectivity index (χ4v) is 1.10.